The van der Waals surface area contributed by atoms with Crippen LogP contribution in [0.5, 0.6) is 0 Å². The van der Waals surface area contributed by atoms with Crippen molar-refractivity contribution in [1.82, 2.24) is 0 Å². The molecule has 1 N–H and O–H groups in total. The first-order valence-electron chi connectivity index (χ1n) is 1.34. The SMILES string of the molecule is CO[Si](C)O. The van der Waals surface area contributed by atoms with Crippen LogP contribution in [-0.4, -0.2) is 21.2 Å². The summed E-state index contributed by atoms with van der Waals surface area (Å²) in [5.41, 5.74) is 0. The van der Waals surface area contributed by atoms with E-state index in [0.29, 0.717) is 0 Å². The second-order valence-corrected chi connectivity index (χ2v) is 2.17. The van der Waals surface area contributed by atoms with Gasteiger partial charge in [-0.05, 0) is 6.55 Å². The average Bonchev–Trinajstić information content (AvgIpc) is 1.38. The third-order valence-electron chi connectivity index (χ3n) is 0.295. The predicted octanol–water partition coefficient (Wildman–Crippen LogP) is -0.257. The van der Waals surface area contributed by atoms with Crippen molar-refractivity contribution < 1.29 is 9.22 Å². The summed E-state index contributed by atoms with van der Waals surface area (Å²) in [6.07, 6.45) is 0. The zero-order valence-corrected chi connectivity index (χ0v) is 4.36. The molecule has 0 aromatic rings. The largest absolute Gasteiger partial charge is 0.410 e. The second-order valence-electron chi connectivity index (χ2n) is 0.723. The minimum atomic E-state index is -1.37. The smallest absolute Gasteiger partial charge is 0.378 e. The van der Waals surface area contributed by atoms with Crippen molar-refractivity contribution in [3.05, 3.63) is 0 Å². The molecule has 0 aromatic heterocycles. The fourth-order valence-corrected chi connectivity index (χ4v) is 0. The number of rotatable bonds is 1. The molecule has 0 unspecified atom stereocenters. The lowest BCUT2D eigenvalue weighted by atomic mass is 11.8. The monoisotopic (exact) mass is 91.0 g/mol. The summed E-state index contributed by atoms with van der Waals surface area (Å²) in [5, 5.41) is 0. The van der Waals surface area contributed by atoms with Gasteiger partial charge in [0.05, 0.1) is 0 Å². The van der Waals surface area contributed by atoms with Gasteiger partial charge in [-0.25, -0.2) is 0 Å². The van der Waals surface area contributed by atoms with E-state index in [2.05, 4.69) is 4.43 Å². The van der Waals surface area contributed by atoms with E-state index < -0.39 is 9.28 Å². The molecule has 0 amide bonds. The van der Waals surface area contributed by atoms with Crippen LogP contribution in [-0.2, 0) is 4.43 Å². The molecule has 5 heavy (non-hydrogen) atoms. The molecule has 31 valence electrons. The first kappa shape index (κ1) is 5.14. The van der Waals surface area contributed by atoms with Crippen LogP contribution in [0.3, 0.4) is 0 Å². The topological polar surface area (TPSA) is 29.5 Å². The fourth-order valence-electron chi connectivity index (χ4n) is 0. The lowest BCUT2D eigenvalue weighted by Crippen LogP contribution is -2.07. The van der Waals surface area contributed by atoms with Crippen LogP contribution in [0.15, 0.2) is 0 Å². The molecule has 0 aliphatic rings. The van der Waals surface area contributed by atoms with Gasteiger partial charge in [0.15, 0.2) is 0 Å². The molecular formula is C2H7O2Si. The van der Waals surface area contributed by atoms with Gasteiger partial charge in [0.1, 0.15) is 0 Å². The van der Waals surface area contributed by atoms with Gasteiger partial charge < -0.3 is 9.22 Å². The van der Waals surface area contributed by atoms with Crippen molar-refractivity contribution in [3.8, 4) is 0 Å². The van der Waals surface area contributed by atoms with E-state index in [1.807, 2.05) is 0 Å². The van der Waals surface area contributed by atoms with Crippen molar-refractivity contribution >= 4 is 9.28 Å². The summed E-state index contributed by atoms with van der Waals surface area (Å²) < 4.78 is 4.41. The van der Waals surface area contributed by atoms with Gasteiger partial charge in [-0.2, -0.15) is 0 Å². The van der Waals surface area contributed by atoms with Gasteiger partial charge in [-0.15, -0.1) is 0 Å². The lowest BCUT2D eigenvalue weighted by Gasteiger charge is -1.88. The van der Waals surface area contributed by atoms with Crippen LogP contribution in [0, 0.1) is 0 Å². The molecule has 0 fully saturated rings. The molecular weight excluding hydrogens is 84.1 g/mol. The fraction of sp³-hybridized carbons (Fsp3) is 1.00. The van der Waals surface area contributed by atoms with Gasteiger partial charge in [-0.3, -0.25) is 0 Å². The van der Waals surface area contributed by atoms with E-state index in [1.54, 1.807) is 6.55 Å². The van der Waals surface area contributed by atoms with E-state index >= 15 is 0 Å². The Morgan fingerprint density at radius 1 is 1.80 bits per heavy atom. The Labute approximate surface area is 33.2 Å². The maximum atomic E-state index is 8.24. The highest BCUT2D eigenvalue weighted by molar-refractivity contribution is 6.40. The summed E-state index contributed by atoms with van der Waals surface area (Å²) in [5.74, 6) is 0. The van der Waals surface area contributed by atoms with E-state index in [1.165, 1.54) is 7.11 Å². The normalized spacial score (nSPS) is 9.60. The van der Waals surface area contributed by atoms with Crippen molar-refractivity contribution in [3.63, 3.8) is 0 Å². The lowest BCUT2D eigenvalue weighted by molar-refractivity contribution is 0.334. The minimum absolute atomic E-state index is 1.37. The van der Waals surface area contributed by atoms with E-state index in [-0.39, 0.29) is 0 Å². The van der Waals surface area contributed by atoms with Crippen LogP contribution in [0.25, 0.3) is 0 Å². The molecule has 0 atom stereocenters. The summed E-state index contributed by atoms with van der Waals surface area (Å²) in [6.45, 7) is 1.66. The molecule has 2 nitrogen and oxygen atoms in total. The van der Waals surface area contributed by atoms with Gasteiger partial charge in [0.2, 0.25) is 0 Å². The maximum absolute atomic E-state index is 8.24. The van der Waals surface area contributed by atoms with Crippen LogP contribution >= 0.6 is 0 Å². The van der Waals surface area contributed by atoms with Gasteiger partial charge >= 0.3 is 9.28 Å². The van der Waals surface area contributed by atoms with Crippen molar-refractivity contribution in [2.24, 2.45) is 0 Å². The molecule has 0 saturated carbocycles. The van der Waals surface area contributed by atoms with Crippen LogP contribution < -0.4 is 0 Å². The molecule has 0 heterocycles. The van der Waals surface area contributed by atoms with E-state index in [4.69, 9.17) is 4.80 Å². The molecule has 1 radical (unpaired) electrons. The summed E-state index contributed by atoms with van der Waals surface area (Å²) in [6, 6.07) is 0. The standard InChI is InChI=1S/C2H7O2Si/c1-4-5(2)3/h3H,1-2H3. The molecule has 0 saturated heterocycles. The molecule has 0 bridgehead atoms. The van der Waals surface area contributed by atoms with Crippen LogP contribution in [0.2, 0.25) is 6.55 Å². The molecule has 0 aromatic carbocycles. The minimum Gasteiger partial charge on any atom is -0.410 e. The van der Waals surface area contributed by atoms with Crippen molar-refractivity contribution in [1.29, 1.82) is 0 Å². The third-order valence-corrected chi connectivity index (χ3v) is 0.886. The van der Waals surface area contributed by atoms with Crippen LogP contribution in [0.1, 0.15) is 0 Å². The van der Waals surface area contributed by atoms with Gasteiger partial charge in [0.25, 0.3) is 0 Å². The van der Waals surface area contributed by atoms with E-state index in [9.17, 15) is 0 Å². The van der Waals surface area contributed by atoms with Crippen LogP contribution in [0.4, 0.5) is 0 Å². The quantitative estimate of drug-likeness (QED) is 0.451. The summed E-state index contributed by atoms with van der Waals surface area (Å²) >= 11 is 0. The Hall–Kier alpha value is 0.137. The number of hydrogen-bond acceptors (Lipinski definition) is 2. The highest BCUT2D eigenvalue weighted by Crippen LogP contribution is 1.66. The highest BCUT2D eigenvalue weighted by Gasteiger charge is 1.90. The Bertz CT molecular complexity index is 21.6. The van der Waals surface area contributed by atoms with E-state index in [0.717, 1.165) is 0 Å². The maximum Gasteiger partial charge on any atom is 0.378 e. The second kappa shape index (κ2) is 2.38. The predicted molar refractivity (Wildman–Crippen MR) is 20.8 cm³/mol. The first-order chi connectivity index (χ1) is 2.27. The zero-order valence-electron chi connectivity index (χ0n) is 3.36. The van der Waals surface area contributed by atoms with Gasteiger partial charge in [-0.1, -0.05) is 0 Å². The Morgan fingerprint density at radius 3 is 2.00 bits per heavy atom. The molecule has 0 aliphatic heterocycles. The Balaban J connectivity index is 2.54. The molecule has 0 spiro atoms. The summed E-state index contributed by atoms with van der Waals surface area (Å²) in [7, 11) is 0.120. The molecule has 3 heteroatoms. The molecule has 0 aliphatic carbocycles. The van der Waals surface area contributed by atoms with Crippen molar-refractivity contribution in [2.75, 3.05) is 7.11 Å². The Morgan fingerprint density at radius 2 is 2.00 bits per heavy atom. The molecule has 0 rings (SSSR count). The first-order valence-corrected chi connectivity index (χ1v) is 3.19. The number of hydrogen-bond donors (Lipinski definition) is 1. The highest BCUT2D eigenvalue weighted by atomic mass is 28.3. The van der Waals surface area contributed by atoms with Gasteiger partial charge in [0, 0.05) is 7.11 Å². The average molecular weight is 91.2 g/mol. The Kier molecular flexibility index (Phi) is 2.44. The zero-order chi connectivity index (χ0) is 4.28. The summed E-state index contributed by atoms with van der Waals surface area (Å²) in [4.78, 5) is 8.24. The van der Waals surface area contributed by atoms with Crippen molar-refractivity contribution in [2.45, 2.75) is 6.55 Å². The third kappa shape index (κ3) is 4.14.